The number of anilines is 3. The summed E-state index contributed by atoms with van der Waals surface area (Å²) < 4.78 is 0. The van der Waals surface area contributed by atoms with E-state index in [0.717, 1.165) is 29.4 Å². The van der Waals surface area contributed by atoms with Gasteiger partial charge in [-0.15, -0.1) is 0 Å². The zero-order chi connectivity index (χ0) is 43.1. The molecule has 0 heterocycles. The van der Waals surface area contributed by atoms with E-state index in [9.17, 15) is 0 Å². The van der Waals surface area contributed by atoms with E-state index >= 15 is 0 Å². The van der Waals surface area contributed by atoms with Crippen molar-refractivity contribution in [3.8, 4) is 55.6 Å². The van der Waals surface area contributed by atoms with E-state index in [1.807, 2.05) is 0 Å². The van der Waals surface area contributed by atoms with Gasteiger partial charge in [-0.25, -0.2) is 0 Å². The highest BCUT2D eigenvalue weighted by Gasteiger charge is 2.52. The van der Waals surface area contributed by atoms with Gasteiger partial charge in [-0.05, 0) is 157 Å². The SMILES string of the molecule is CC1CC2=CCc3cc4c(cc3C(C2)C1)-c1ccccc1C41c2ccccc2-c2ccc(-c3ccc(N(c4ccc(-c5ccccc5)cc4)c4ccccc4-c4ccccc4)cc3)cc21. The largest absolute Gasteiger partial charge is 0.310 e. The average Bonchev–Trinajstić information content (AvgIpc) is 3.78. The van der Waals surface area contributed by atoms with Crippen LogP contribution >= 0.6 is 0 Å². The summed E-state index contributed by atoms with van der Waals surface area (Å²) in [7, 11) is 0. The molecule has 310 valence electrons. The molecule has 9 aromatic rings. The lowest BCUT2D eigenvalue weighted by atomic mass is 9.69. The lowest BCUT2D eigenvalue weighted by Gasteiger charge is -2.32. The first-order valence-corrected chi connectivity index (χ1v) is 23.5. The Morgan fingerprint density at radius 2 is 0.938 bits per heavy atom. The van der Waals surface area contributed by atoms with Crippen LogP contribution < -0.4 is 4.90 Å². The minimum Gasteiger partial charge on any atom is -0.310 e. The monoisotopic (exact) mass is 831 g/mol. The molecule has 1 nitrogen and oxygen atoms in total. The summed E-state index contributed by atoms with van der Waals surface area (Å²) in [5.74, 6) is 1.34. The molecular formula is C64H49N. The second-order valence-corrected chi connectivity index (χ2v) is 18.9. The lowest BCUT2D eigenvalue weighted by molar-refractivity contribution is 0.408. The van der Waals surface area contributed by atoms with Crippen molar-refractivity contribution in [1.29, 1.82) is 0 Å². The van der Waals surface area contributed by atoms with E-state index < -0.39 is 5.41 Å². The molecule has 1 fully saturated rings. The molecule has 0 aromatic heterocycles. The fourth-order valence-corrected chi connectivity index (χ4v) is 12.3. The molecule has 2 bridgehead atoms. The minimum atomic E-state index is -0.394. The lowest BCUT2D eigenvalue weighted by Crippen LogP contribution is -2.26. The molecule has 0 saturated heterocycles. The predicted octanol–water partition coefficient (Wildman–Crippen LogP) is 16.9. The third-order valence-electron chi connectivity index (χ3n) is 15.1. The summed E-state index contributed by atoms with van der Waals surface area (Å²) in [6, 6.07) is 79.6. The summed E-state index contributed by atoms with van der Waals surface area (Å²) in [4.78, 5) is 2.41. The van der Waals surface area contributed by atoms with Gasteiger partial charge in [0, 0.05) is 16.9 Å². The Labute approximate surface area is 383 Å². The van der Waals surface area contributed by atoms with Gasteiger partial charge in [0.25, 0.3) is 0 Å². The van der Waals surface area contributed by atoms with E-state index in [2.05, 4.69) is 230 Å². The molecule has 9 aromatic carbocycles. The van der Waals surface area contributed by atoms with Crippen LogP contribution in [0.5, 0.6) is 0 Å². The highest BCUT2D eigenvalue weighted by Crippen LogP contribution is 2.64. The van der Waals surface area contributed by atoms with Gasteiger partial charge in [-0.3, -0.25) is 0 Å². The van der Waals surface area contributed by atoms with Crippen molar-refractivity contribution in [2.24, 2.45) is 5.92 Å². The highest BCUT2D eigenvalue weighted by atomic mass is 15.1. The molecule has 0 N–H and O–H groups in total. The fourth-order valence-electron chi connectivity index (χ4n) is 12.3. The van der Waals surface area contributed by atoms with Crippen molar-refractivity contribution < 1.29 is 0 Å². The van der Waals surface area contributed by atoms with Crippen LogP contribution in [-0.2, 0) is 11.8 Å². The molecule has 0 radical (unpaired) electrons. The number of benzene rings is 9. The van der Waals surface area contributed by atoms with Crippen molar-refractivity contribution in [2.75, 3.05) is 4.90 Å². The summed E-state index contributed by atoms with van der Waals surface area (Å²) in [6.07, 6.45) is 7.35. The smallest absolute Gasteiger partial charge is 0.0725 e. The van der Waals surface area contributed by atoms with Crippen molar-refractivity contribution in [3.63, 3.8) is 0 Å². The van der Waals surface area contributed by atoms with Crippen LogP contribution in [0.25, 0.3) is 55.6 Å². The Bertz CT molecular complexity index is 3320. The van der Waals surface area contributed by atoms with Gasteiger partial charge < -0.3 is 4.90 Å². The predicted molar refractivity (Wildman–Crippen MR) is 271 cm³/mol. The van der Waals surface area contributed by atoms with Gasteiger partial charge >= 0.3 is 0 Å². The van der Waals surface area contributed by atoms with Gasteiger partial charge in [0.1, 0.15) is 0 Å². The molecule has 13 rings (SSSR count). The van der Waals surface area contributed by atoms with Crippen LogP contribution in [0, 0.1) is 5.92 Å². The van der Waals surface area contributed by atoms with Crippen LogP contribution in [-0.4, -0.2) is 0 Å². The molecule has 65 heavy (non-hydrogen) atoms. The first-order valence-electron chi connectivity index (χ1n) is 23.5. The zero-order valence-electron chi connectivity index (χ0n) is 36.7. The fraction of sp³-hybridized carbons (Fsp3) is 0.125. The van der Waals surface area contributed by atoms with Crippen LogP contribution in [0.1, 0.15) is 65.5 Å². The van der Waals surface area contributed by atoms with Crippen LogP contribution in [0.4, 0.5) is 17.1 Å². The Hall–Kier alpha value is -7.48. The molecule has 0 aliphatic heterocycles. The zero-order valence-corrected chi connectivity index (χ0v) is 36.7. The first-order chi connectivity index (χ1) is 32.1. The normalized spacial score (nSPS) is 18.4. The molecule has 4 aliphatic carbocycles. The second-order valence-electron chi connectivity index (χ2n) is 18.9. The first kappa shape index (κ1) is 38.0. The third kappa shape index (κ3) is 5.99. The second kappa shape index (κ2) is 15.1. The Morgan fingerprint density at radius 1 is 0.415 bits per heavy atom. The maximum absolute atomic E-state index is 2.65. The molecule has 4 aliphatic rings. The van der Waals surface area contributed by atoms with E-state index in [-0.39, 0.29) is 0 Å². The number of para-hydroxylation sites is 1. The van der Waals surface area contributed by atoms with Crippen molar-refractivity contribution >= 4 is 17.1 Å². The standard InChI is InChI=1S/C64H49N/c1-42-36-43-24-25-49-40-62-58(41-57(49)50(37-42)38-43)55-20-9-12-22-60(55)64(62)59-21-11-8-19-54(59)56-35-30-48(39-61(56)64)46-28-33-52(34-29-46)65(51-31-26-45(27-32-51)44-14-4-2-5-15-44)63-23-13-10-18-53(63)47-16-6-3-7-17-47/h2-24,26-35,39-42,50H,25,36-38H2,1H3. The summed E-state index contributed by atoms with van der Waals surface area (Å²) in [5, 5.41) is 0. The summed E-state index contributed by atoms with van der Waals surface area (Å²) in [5.41, 5.74) is 26.1. The Morgan fingerprint density at radius 3 is 1.63 bits per heavy atom. The molecular weight excluding hydrogens is 783 g/mol. The molecule has 1 saturated carbocycles. The van der Waals surface area contributed by atoms with E-state index in [1.165, 1.54) is 103 Å². The van der Waals surface area contributed by atoms with E-state index in [4.69, 9.17) is 0 Å². The number of allylic oxidation sites excluding steroid dienone is 2. The van der Waals surface area contributed by atoms with Crippen LogP contribution in [0.3, 0.4) is 0 Å². The molecule has 1 heteroatoms. The Kier molecular flexibility index (Phi) is 8.81. The van der Waals surface area contributed by atoms with Gasteiger partial charge in [-0.2, -0.15) is 0 Å². The number of fused-ring (bicyclic) bond motifs is 14. The van der Waals surface area contributed by atoms with Crippen LogP contribution in [0.2, 0.25) is 0 Å². The Balaban J connectivity index is 0.946. The van der Waals surface area contributed by atoms with Gasteiger partial charge in [0.2, 0.25) is 0 Å². The number of rotatable bonds is 6. The molecule has 1 spiro atoms. The van der Waals surface area contributed by atoms with Gasteiger partial charge in [0.15, 0.2) is 0 Å². The average molecular weight is 832 g/mol. The quantitative estimate of drug-likeness (QED) is 0.151. The van der Waals surface area contributed by atoms with E-state index in [1.54, 1.807) is 11.1 Å². The van der Waals surface area contributed by atoms with Crippen molar-refractivity contribution in [3.05, 3.63) is 257 Å². The van der Waals surface area contributed by atoms with Gasteiger partial charge in [-0.1, -0.05) is 194 Å². The maximum Gasteiger partial charge on any atom is 0.0725 e. The van der Waals surface area contributed by atoms with Crippen molar-refractivity contribution in [2.45, 2.75) is 43.9 Å². The maximum atomic E-state index is 2.65. The summed E-state index contributed by atoms with van der Waals surface area (Å²) in [6.45, 7) is 2.45. The third-order valence-corrected chi connectivity index (χ3v) is 15.1. The van der Waals surface area contributed by atoms with E-state index in [0.29, 0.717) is 5.92 Å². The number of nitrogens with zero attached hydrogens (tertiary/aromatic N) is 1. The number of hydrogen-bond acceptors (Lipinski definition) is 1. The molecule has 3 unspecified atom stereocenters. The highest BCUT2D eigenvalue weighted by molar-refractivity contribution is 5.97. The van der Waals surface area contributed by atoms with Crippen LogP contribution in [0.15, 0.2) is 224 Å². The topological polar surface area (TPSA) is 3.24 Å². The van der Waals surface area contributed by atoms with Gasteiger partial charge in [0.05, 0.1) is 11.1 Å². The number of hydrogen-bond donors (Lipinski definition) is 0. The molecule has 3 atom stereocenters. The summed E-state index contributed by atoms with van der Waals surface area (Å²) >= 11 is 0. The van der Waals surface area contributed by atoms with Crippen molar-refractivity contribution in [1.82, 2.24) is 0 Å². The minimum absolute atomic E-state index is 0.394. The molecule has 0 amide bonds.